The van der Waals surface area contributed by atoms with E-state index in [-0.39, 0.29) is 0 Å². The fraction of sp³-hybridized carbons (Fsp3) is 0.312. The molecule has 0 fully saturated rings. The third kappa shape index (κ3) is 2.46. The van der Waals surface area contributed by atoms with Crippen LogP contribution in [0.25, 0.3) is 22.3 Å². The Bertz CT molecular complexity index is 809. The molecule has 0 atom stereocenters. The first-order valence-corrected chi connectivity index (χ1v) is 7.12. The molecule has 3 heterocycles. The van der Waals surface area contributed by atoms with E-state index in [0.29, 0.717) is 0 Å². The molecule has 0 radical (unpaired) electrons. The first-order chi connectivity index (χ1) is 10.1. The number of hydrogen-bond acceptors (Lipinski definition) is 3. The van der Waals surface area contributed by atoms with Crippen molar-refractivity contribution >= 4 is 11.1 Å². The molecule has 0 N–H and O–H groups in total. The van der Waals surface area contributed by atoms with Crippen LogP contribution in [0.5, 0.6) is 0 Å². The van der Waals surface area contributed by atoms with Crippen LogP contribution < -0.4 is 0 Å². The molecule has 108 valence electrons. The summed E-state index contributed by atoms with van der Waals surface area (Å²) < 4.78 is 3.66. The molecule has 5 nitrogen and oxygen atoms in total. The van der Waals surface area contributed by atoms with Gasteiger partial charge < -0.3 is 0 Å². The Kier molecular flexibility index (Phi) is 3.33. The number of rotatable bonds is 4. The monoisotopic (exact) mass is 281 g/mol. The smallest absolute Gasteiger partial charge is 0.0921 e. The molecule has 0 bridgehead atoms. The summed E-state index contributed by atoms with van der Waals surface area (Å²) in [6.07, 6.45) is 7.75. The van der Waals surface area contributed by atoms with E-state index in [1.165, 1.54) is 0 Å². The zero-order chi connectivity index (χ0) is 15.0. The van der Waals surface area contributed by atoms with Crippen LogP contribution in [0.1, 0.15) is 31.2 Å². The zero-order valence-corrected chi connectivity index (χ0v) is 12.7. The van der Waals surface area contributed by atoms with Crippen LogP contribution in [0.2, 0.25) is 0 Å². The van der Waals surface area contributed by atoms with Crippen LogP contribution in [0.3, 0.4) is 0 Å². The molecule has 0 aliphatic heterocycles. The molecule has 0 unspecified atom stereocenters. The van der Waals surface area contributed by atoms with Crippen LogP contribution in [-0.2, 0) is 7.05 Å². The van der Waals surface area contributed by atoms with Gasteiger partial charge in [-0.1, -0.05) is 19.9 Å². The van der Waals surface area contributed by atoms with Gasteiger partial charge in [0.25, 0.3) is 0 Å². The van der Waals surface area contributed by atoms with Crippen molar-refractivity contribution in [3.63, 3.8) is 0 Å². The predicted molar refractivity (Wildman–Crippen MR) is 83.9 cm³/mol. The molecule has 0 aliphatic rings. The summed E-state index contributed by atoms with van der Waals surface area (Å²) in [4.78, 5) is 4.66. The van der Waals surface area contributed by atoms with E-state index in [4.69, 9.17) is 0 Å². The van der Waals surface area contributed by atoms with Gasteiger partial charge in [-0.15, -0.1) is 0 Å². The predicted octanol–water partition coefficient (Wildman–Crippen LogP) is 3.25. The highest BCUT2D eigenvalue weighted by molar-refractivity contribution is 5.68. The van der Waals surface area contributed by atoms with E-state index >= 15 is 0 Å². The SMILES string of the molecule is C=C(CCC)c1cc2c(C)nc(-c3cnn(C)c3)cn2n1. The Balaban J connectivity index is 2.09. The van der Waals surface area contributed by atoms with E-state index in [9.17, 15) is 0 Å². The van der Waals surface area contributed by atoms with Crippen molar-refractivity contribution in [3.8, 4) is 11.3 Å². The molecule has 0 amide bonds. The van der Waals surface area contributed by atoms with E-state index in [2.05, 4.69) is 34.8 Å². The number of fused-ring (bicyclic) bond motifs is 1. The van der Waals surface area contributed by atoms with Crippen LogP contribution in [0.4, 0.5) is 0 Å². The van der Waals surface area contributed by atoms with Gasteiger partial charge in [0.15, 0.2) is 0 Å². The summed E-state index contributed by atoms with van der Waals surface area (Å²) in [5.74, 6) is 0. The van der Waals surface area contributed by atoms with Gasteiger partial charge in [-0.2, -0.15) is 10.2 Å². The van der Waals surface area contributed by atoms with Crippen LogP contribution in [-0.4, -0.2) is 24.4 Å². The highest BCUT2D eigenvalue weighted by Gasteiger charge is 2.11. The van der Waals surface area contributed by atoms with E-state index in [0.717, 1.165) is 46.6 Å². The Morgan fingerprint density at radius 3 is 2.81 bits per heavy atom. The fourth-order valence-corrected chi connectivity index (χ4v) is 2.44. The summed E-state index contributed by atoms with van der Waals surface area (Å²) in [6, 6.07) is 2.06. The van der Waals surface area contributed by atoms with Gasteiger partial charge in [-0.25, -0.2) is 9.50 Å². The van der Waals surface area contributed by atoms with Gasteiger partial charge in [-0.3, -0.25) is 4.68 Å². The molecule has 21 heavy (non-hydrogen) atoms. The summed E-state index contributed by atoms with van der Waals surface area (Å²) in [5, 5.41) is 8.83. The lowest BCUT2D eigenvalue weighted by Crippen LogP contribution is -1.96. The maximum absolute atomic E-state index is 4.66. The van der Waals surface area contributed by atoms with Crippen LogP contribution in [0.15, 0.2) is 31.2 Å². The Hall–Kier alpha value is -2.43. The minimum atomic E-state index is 0.879. The second kappa shape index (κ2) is 5.16. The lowest BCUT2D eigenvalue weighted by Gasteiger charge is -2.01. The average molecular weight is 281 g/mol. The van der Waals surface area contributed by atoms with Crippen molar-refractivity contribution in [1.29, 1.82) is 0 Å². The minimum Gasteiger partial charge on any atom is -0.275 e. The van der Waals surface area contributed by atoms with Gasteiger partial charge >= 0.3 is 0 Å². The zero-order valence-electron chi connectivity index (χ0n) is 12.7. The minimum absolute atomic E-state index is 0.879. The first-order valence-electron chi connectivity index (χ1n) is 7.12. The lowest BCUT2D eigenvalue weighted by molar-refractivity contribution is 0.768. The summed E-state index contributed by atoms with van der Waals surface area (Å²) in [6.45, 7) is 8.26. The number of nitrogens with zero attached hydrogens (tertiary/aromatic N) is 5. The van der Waals surface area contributed by atoms with Crippen molar-refractivity contribution in [3.05, 3.63) is 42.6 Å². The fourth-order valence-electron chi connectivity index (χ4n) is 2.44. The molecular formula is C16H19N5. The lowest BCUT2D eigenvalue weighted by atomic mass is 10.1. The van der Waals surface area contributed by atoms with Gasteiger partial charge in [-0.05, 0) is 25.0 Å². The summed E-state index contributed by atoms with van der Waals surface area (Å²) >= 11 is 0. The number of allylic oxidation sites excluding steroid dienone is 1. The van der Waals surface area contributed by atoms with Crippen molar-refractivity contribution < 1.29 is 0 Å². The van der Waals surface area contributed by atoms with Gasteiger partial charge in [0, 0.05) is 18.8 Å². The van der Waals surface area contributed by atoms with E-state index < -0.39 is 0 Å². The highest BCUT2D eigenvalue weighted by atomic mass is 15.2. The third-order valence-electron chi connectivity index (χ3n) is 3.55. The average Bonchev–Trinajstić information content (AvgIpc) is 3.05. The number of hydrogen-bond donors (Lipinski definition) is 0. The highest BCUT2D eigenvalue weighted by Crippen LogP contribution is 2.22. The Morgan fingerprint density at radius 2 is 2.14 bits per heavy atom. The molecule has 3 aromatic heterocycles. The summed E-state index contributed by atoms with van der Waals surface area (Å²) in [7, 11) is 1.90. The van der Waals surface area contributed by atoms with Crippen LogP contribution in [0, 0.1) is 6.92 Å². The largest absolute Gasteiger partial charge is 0.275 e. The normalized spacial score (nSPS) is 11.2. The quantitative estimate of drug-likeness (QED) is 0.737. The maximum Gasteiger partial charge on any atom is 0.0921 e. The van der Waals surface area contributed by atoms with Crippen molar-refractivity contribution in [1.82, 2.24) is 24.4 Å². The molecular weight excluding hydrogens is 262 g/mol. The second-order valence-corrected chi connectivity index (χ2v) is 5.33. The van der Waals surface area contributed by atoms with Crippen molar-refractivity contribution in [2.75, 3.05) is 0 Å². The van der Waals surface area contributed by atoms with Gasteiger partial charge in [0.1, 0.15) is 0 Å². The molecule has 0 aliphatic carbocycles. The molecule has 0 aromatic carbocycles. The van der Waals surface area contributed by atoms with Crippen molar-refractivity contribution in [2.45, 2.75) is 26.7 Å². The van der Waals surface area contributed by atoms with Gasteiger partial charge in [0.05, 0.1) is 35.0 Å². The standard InChI is InChI=1S/C16H19N5/c1-5-6-11(2)14-7-16-12(3)18-15(10-21(16)19-14)13-8-17-20(4)9-13/h7-10H,2,5-6H2,1,3-4H3. The molecule has 3 aromatic rings. The van der Waals surface area contributed by atoms with Gasteiger partial charge in [0.2, 0.25) is 0 Å². The second-order valence-electron chi connectivity index (χ2n) is 5.33. The topological polar surface area (TPSA) is 48.0 Å². The number of aromatic nitrogens is 5. The molecule has 0 saturated carbocycles. The first kappa shape index (κ1) is 13.5. The molecule has 3 rings (SSSR count). The molecule has 0 spiro atoms. The Labute approximate surface area is 123 Å². The molecule has 0 saturated heterocycles. The van der Waals surface area contributed by atoms with Crippen molar-refractivity contribution in [2.24, 2.45) is 7.05 Å². The maximum atomic E-state index is 4.66. The van der Waals surface area contributed by atoms with E-state index in [1.807, 2.05) is 37.1 Å². The van der Waals surface area contributed by atoms with E-state index in [1.54, 1.807) is 4.68 Å². The third-order valence-corrected chi connectivity index (χ3v) is 3.55. The Morgan fingerprint density at radius 1 is 1.33 bits per heavy atom. The molecule has 5 heteroatoms. The van der Waals surface area contributed by atoms with Crippen LogP contribution >= 0.6 is 0 Å². The summed E-state index contributed by atoms with van der Waals surface area (Å²) in [5.41, 5.74) is 5.87. The number of aryl methyl sites for hydroxylation is 2.